The van der Waals surface area contributed by atoms with Crippen LogP contribution in [0.2, 0.25) is 0 Å². The smallest absolute Gasteiger partial charge is 0.123 e. The average Bonchev–Trinajstić information content (AvgIpc) is 2.60. The third-order valence-electron chi connectivity index (χ3n) is 5.90. The molecule has 1 aromatic carbocycles. The predicted octanol–water partition coefficient (Wildman–Crippen LogP) is 4.90. The van der Waals surface area contributed by atoms with E-state index < -0.39 is 0 Å². The lowest BCUT2D eigenvalue weighted by atomic mass is 9.71. The molecule has 1 aromatic rings. The van der Waals surface area contributed by atoms with Crippen LogP contribution >= 0.6 is 25.0 Å². The van der Waals surface area contributed by atoms with Crippen molar-refractivity contribution in [3.05, 3.63) is 30.1 Å². The van der Waals surface area contributed by atoms with Gasteiger partial charge in [0.25, 0.3) is 0 Å². The lowest BCUT2D eigenvalue weighted by molar-refractivity contribution is -0.0237. The van der Waals surface area contributed by atoms with Crippen LogP contribution in [0.1, 0.15) is 40.0 Å². The summed E-state index contributed by atoms with van der Waals surface area (Å²) in [5.74, 6) is 0.572. The first-order valence-corrected chi connectivity index (χ1v) is 10.8. The molecule has 1 heterocycles. The standard InChI is InChI=1S/C22H35FN2OS.ClH/c1-17-12-20(14-22(2,3)13-17)26-16-21(27)15-24-8-10-25(11-9-24)19-6-4-18(23)5-7-19;/h4-7,17,20-21,27H,8-16H2,1-3H3;1H. The molecule has 2 fully saturated rings. The number of ether oxygens (including phenoxy) is 1. The summed E-state index contributed by atoms with van der Waals surface area (Å²) in [5.41, 5.74) is 1.50. The van der Waals surface area contributed by atoms with Gasteiger partial charge in [0.2, 0.25) is 0 Å². The third-order valence-corrected chi connectivity index (χ3v) is 6.22. The van der Waals surface area contributed by atoms with Crippen LogP contribution in [-0.4, -0.2) is 55.6 Å². The van der Waals surface area contributed by atoms with Crippen LogP contribution in [0.25, 0.3) is 0 Å². The second-order valence-corrected chi connectivity index (χ2v) is 10.0. The molecule has 2 aliphatic rings. The number of hydrogen-bond acceptors (Lipinski definition) is 4. The van der Waals surface area contributed by atoms with E-state index in [4.69, 9.17) is 17.4 Å². The van der Waals surface area contributed by atoms with Crippen molar-refractivity contribution in [3.8, 4) is 0 Å². The highest BCUT2D eigenvalue weighted by Gasteiger charge is 2.32. The molecule has 0 spiro atoms. The zero-order chi connectivity index (χ0) is 19.4. The van der Waals surface area contributed by atoms with Gasteiger partial charge in [0, 0.05) is 43.7 Å². The van der Waals surface area contributed by atoms with E-state index in [0.29, 0.717) is 11.5 Å². The van der Waals surface area contributed by atoms with Gasteiger partial charge in [0.15, 0.2) is 0 Å². The number of halogens is 2. The van der Waals surface area contributed by atoms with Gasteiger partial charge < -0.3 is 9.64 Å². The first kappa shape index (κ1) is 23.8. The van der Waals surface area contributed by atoms with Gasteiger partial charge in [-0.15, -0.1) is 12.4 Å². The van der Waals surface area contributed by atoms with E-state index in [0.717, 1.165) is 57.4 Å². The molecule has 0 amide bonds. The average molecular weight is 431 g/mol. The molecule has 3 atom stereocenters. The van der Waals surface area contributed by atoms with Crippen molar-refractivity contribution in [3.63, 3.8) is 0 Å². The molecule has 1 saturated heterocycles. The van der Waals surface area contributed by atoms with Crippen LogP contribution in [-0.2, 0) is 4.74 Å². The summed E-state index contributed by atoms with van der Waals surface area (Å²) in [6.07, 6.45) is 4.03. The molecule has 1 aliphatic carbocycles. The van der Waals surface area contributed by atoms with Crippen molar-refractivity contribution >= 4 is 30.7 Å². The van der Waals surface area contributed by atoms with Crippen LogP contribution in [0.5, 0.6) is 0 Å². The van der Waals surface area contributed by atoms with Crippen LogP contribution in [0.4, 0.5) is 10.1 Å². The molecule has 3 nitrogen and oxygen atoms in total. The minimum absolute atomic E-state index is 0. The Morgan fingerprint density at radius 2 is 1.79 bits per heavy atom. The van der Waals surface area contributed by atoms with E-state index in [9.17, 15) is 4.39 Å². The monoisotopic (exact) mass is 430 g/mol. The summed E-state index contributed by atoms with van der Waals surface area (Å²) in [5, 5.41) is 0.253. The fourth-order valence-corrected chi connectivity index (χ4v) is 5.14. The molecule has 0 bridgehead atoms. The first-order chi connectivity index (χ1) is 12.8. The van der Waals surface area contributed by atoms with Gasteiger partial charge in [-0.2, -0.15) is 12.6 Å². The molecule has 1 saturated carbocycles. The van der Waals surface area contributed by atoms with Crippen molar-refractivity contribution in [1.29, 1.82) is 0 Å². The Morgan fingerprint density at radius 1 is 1.14 bits per heavy atom. The Balaban J connectivity index is 0.00000280. The highest BCUT2D eigenvalue weighted by atomic mass is 35.5. The summed E-state index contributed by atoms with van der Waals surface area (Å²) in [6.45, 7) is 12.7. The second-order valence-electron chi connectivity index (χ2n) is 9.29. The number of thiol groups is 1. The molecular weight excluding hydrogens is 395 g/mol. The molecule has 6 heteroatoms. The highest BCUT2D eigenvalue weighted by molar-refractivity contribution is 7.81. The Hall–Kier alpha value is -0.490. The normalized spacial score (nSPS) is 26.5. The number of nitrogens with zero attached hydrogens (tertiary/aromatic N) is 2. The van der Waals surface area contributed by atoms with Crippen molar-refractivity contribution in [2.75, 3.05) is 44.2 Å². The van der Waals surface area contributed by atoms with Gasteiger partial charge in [-0.3, -0.25) is 4.90 Å². The summed E-state index contributed by atoms with van der Waals surface area (Å²) in [4.78, 5) is 4.79. The summed E-state index contributed by atoms with van der Waals surface area (Å²) < 4.78 is 19.3. The second kappa shape index (κ2) is 10.5. The zero-order valence-corrected chi connectivity index (χ0v) is 19.2. The largest absolute Gasteiger partial charge is 0.377 e. The molecule has 0 radical (unpaired) electrons. The Morgan fingerprint density at radius 3 is 2.39 bits per heavy atom. The lowest BCUT2D eigenvalue weighted by Gasteiger charge is -2.39. The SMILES string of the molecule is CC1CC(OCC(S)CN2CCN(c3ccc(F)cc3)CC2)CC(C)(C)C1.Cl. The molecular formula is C22H36ClFN2OS. The van der Waals surface area contributed by atoms with E-state index in [1.807, 2.05) is 12.1 Å². The Labute approximate surface area is 181 Å². The van der Waals surface area contributed by atoms with Gasteiger partial charge >= 0.3 is 0 Å². The van der Waals surface area contributed by atoms with Crippen molar-refractivity contribution in [2.45, 2.75) is 51.4 Å². The van der Waals surface area contributed by atoms with Gasteiger partial charge in [-0.25, -0.2) is 4.39 Å². The van der Waals surface area contributed by atoms with Gasteiger partial charge in [-0.1, -0.05) is 20.8 Å². The topological polar surface area (TPSA) is 15.7 Å². The van der Waals surface area contributed by atoms with Crippen LogP contribution in [0.3, 0.4) is 0 Å². The molecule has 0 N–H and O–H groups in total. The van der Waals surface area contributed by atoms with E-state index in [-0.39, 0.29) is 23.5 Å². The van der Waals surface area contributed by atoms with Gasteiger partial charge in [-0.05, 0) is 54.9 Å². The quantitative estimate of drug-likeness (QED) is 0.646. The van der Waals surface area contributed by atoms with E-state index in [1.165, 1.54) is 25.0 Å². The van der Waals surface area contributed by atoms with E-state index >= 15 is 0 Å². The van der Waals surface area contributed by atoms with Gasteiger partial charge in [0.05, 0.1) is 12.7 Å². The van der Waals surface area contributed by atoms with E-state index in [1.54, 1.807) is 0 Å². The number of anilines is 1. The lowest BCUT2D eigenvalue weighted by Crippen LogP contribution is -2.48. The Kier molecular flexibility index (Phi) is 8.93. The first-order valence-electron chi connectivity index (χ1n) is 10.3. The fraction of sp³-hybridized carbons (Fsp3) is 0.727. The summed E-state index contributed by atoms with van der Waals surface area (Å²) >= 11 is 4.79. The minimum Gasteiger partial charge on any atom is -0.377 e. The minimum atomic E-state index is -0.175. The molecule has 3 rings (SSSR count). The van der Waals surface area contributed by atoms with Crippen LogP contribution < -0.4 is 4.90 Å². The van der Waals surface area contributed by atoms with Gasteiger partial charge in [0.1, 0.15) is 5.82 Å². The van der Waals surface area contributed by atoms with Crippen molar-refractivity contribution in [1.82, 2.24) is 4.90 Å². The molecule has 160 valence electrons. The number of piperazine rings is 1. The van der Waals surface area contributed by atoms with Crippen molar-refractivity contribution < 1.29 is 9.13 Å². The maximum atomic E-state index is 13.1. The summed E-state index contributed by atoms with van der Waals surface area (Å²) in [6, 6.07) is 6.81. The third kappa shape index (κ3) is 7.08. The molecule has 3 unspecified atom stereocenters. The molecule has 0 aromatic heterocycles. The maximum absolute atomic E-state index is 13.1. The number of hydrogen-bond donors (Lipinski definition) is 1. The maximum Gasteiger partial charge on any atom is 0.123 e. The highest BCUT2D eigenvalue weighted by Crippen LogP contribution is 2.39. The zero-order valence-electron chi connectivity index (χ0n) is 17.4. The number of benzene rings is 1. The van der Waals surface area contributed by atoms with Crippen LogP contribution in [0.15, 0.2) is 24.3 Å². The van der Waals surface area contributed by atoms with E-state index in [2.05, 4.69) is 30.6 Å². The fourth-order valence-electron chi connectivity index (χ4n) is 4.82. The number of rotatable bonds is 6. The van der Waals surface area contributed by atoms with Crippen LogP contribution in [0, 0.1) is 17.2 Å². The molecule has 28 heavy (non-hydrogen) atoms. The Bertz CT molecular complexity index is 593. The predicted molar refractivity (Wildman–Crippen MR) is 122 cm³/mol. The van der Waals surface area contributed by atoms with Crippen molar-refractivity contribution in [2.24, 2.45) is 11.3 Å². The summed E-state index contributed by atoms with van der Waals surface area (Å²) in [7, 11) is 0. The molecule has 1 aliphatic heterocycles.